The van der Waals surface area contributed by atoms with E-state index in [0.29, 0.717) is 5.56 Å². The fraction of sp³-hybridized carbons (Fsp3) is 0.500. The molecule has 0 radical (unpaired) electrons. The average molecular weight is 253 g/mol. The molecule has 0 spiro atoms. The molecule has 2 atom stereocenters. The van der Waals surface area contributed by atoms with Gasteiger partial charge in [0.1, 0.15) is 6.07 Å². The van der Waals surface area contributed by atoms with Gasteiger partial charge in [0, 0.05) is 6.20 Å². The van der Waals surface area contributed by atoms with Crippen molar-refractivity contribution in [1.82, 2.24) is 10.3 Å². The number of allylic oxidation sites excluding steroid dienone is 2. The molecule has 2 aliphatic rings. The number of fused-ring (bicyclic) bond motifs is 1. The molecule has 1 aromatic heterocycles. The van der Waals surface area contributed by atoms with Crippen molar-refractivity contribution in [1.29, 1.82) is 5.26 Å². The fourth-order valence-corrected chi connectivity index (χ4v) is 3.24. The molecule has 3 heteroatoms. The first kappa shape index (κ1) is 12.4. The van der Waals surface area contributed by atoms with Gasteiger partial charge in [0.25, 0.3) is 0 Å². The Morgan fingerprint density at radius 2 is 2.32 bits per heavy atom. The maximum atomic E-state index is 9.11. The van der Waals surface area contributed by atoms with Crippen molar-refractivity contribution in [2.75, 3.05) is 13.1 Å². The van der Waals surface area contributed by atoms with Crippen LogP contribution >= 0.6 is 0 Å². The molecule has 0 saturated carbocycles. The van der Waals surface area contributed by atoms with E-state index in [1.54, 1.807) is 0 Å². The summed E-state index contributed by atoms with van der Waals surface area (Å²) in [5, 5.41) is 12.6. The Hall–Kier alpha value is -1.66. The lowest BCUT2D eigenvalue weighted by Gasteiger charge is -2.35. The van der Waals surface area contributed by atoms with Crippen LogP contribution in [0.15, 0.2) is 18.3 Å². The van der Waals surface area contributed by atoms with Crippen molar-refractivity contribution in [2.45, 2.75) is 26.2 Å². The standard InChI is InChI=1S/C16H19N3/c1-11-14(8-17)7-16(10-19-11)13-3-2-12-4-5-18-9-15(12)6-13/h3,7,10,12,15,18H,2,4-6,9H2,1H3/t12-,15+/m0/s1. The highest BCUT2D eigenvalue weighted by atomic mass is 14.9. The third kappa shape index (κ3) is 2.41. The van der Waals surface area contributed by atoms with E-state index in [2.05, 4.69) is 22.4 Å². The SMILES string of the molecule is Cc1ncc(C2=CC[C@H]3CCNC[C@H]3C2)cc1C#N. The van der Waals surface area contributed by atoms with Crippen molar-refractivity contribution in [3.63, 3.8) is 0 Å². The second-order valence-corrected chi connectivity index (χ2v) is 5.65. The van der Waals surface area contributed by atoms with Crippen molar-refractivity contribution >= 4 is 5.57 Å². The second kappa shape index (κ2) is 5.14. The normalized spacial score (nSPS) is 26.2. The van der Waals surface area contributed by atoms with Gasteiger partial charge in [0.05, 0.1) is 11.3 Å². The lowest BCUT2D eigenvalue weighted by molar-refractivity contribution is 0.252. The molecule has 1 fully saturated rings. The Kier molecular flexibility index (Phi) is 3.35. The van der Waals surface area contributed by atoms with Crippen molar-refractivity contribution in [3.8, 4) is 6.07 Å². The number of pyridine rings is 1. The third-order valence-corrected chi connectivity index (χ3v) is 4.49. The predicted molar refractivity (Wildman–Crippen MR) is 75.4 cm³/mol. The average Bonchev–Trinajstić information content (AvgIpc) is 2.47. The van der Waals surface area contributed by atoms with Gasteiger partial charge in [-0.05, 0) is 68.3 Å². The summed E-state index contributed by atoms with van der Waals surface area (Å²) < 4.78 is 0. The summed E-state index contributed by atoms with van der Waals surface area (Å²) in [5.74, 6) is 1.60. The molecule has 0 bridgehead atoms. The molecule has 1 aliphatic heterocycles. The maximum absolute atomic E-state index is 9.11. The van der Waals surface area contributed by atoms with E-state index >= 15 is 0 Å². The molecule has 2 heterocycles. The Morgan fingerprint density at radius 3 is 3.16 bits per heavy atom. The van der Waals surface area contributed by atoms with Gasteiger partial charge in [-0.3, -0.25) is 4.98 Å². The van der Waals surface area contributed by atoms with E-state index in [9.17, 15) is 0 Å². The Balaban J connectivity index is 1.86. The highest BCUT2D eigenvalue weighted by Crippen LogP contribution is 2.37. The third-order valence-electron chi connectivity index (χ3n) is 4.49. The van der Waals surface area contributed by atoms with E-state index in [-0.39, 0.29) is 0 Å². The van der Waals surface area contributed by atoms with Crippen LogP contribution in [0.4, 0.5) is 0 Å². The van der Waals surface area contributed by atoms with E-state index < -0.39 is 0 Å². The van der Waals surface area contributed by atoms with Gasteiger partial charge >= 0.3 is 0 Å². The van der Waals surface area contributed by atoms with E-state index in [1.807, 2.05) is 19.2 Å². The first-order valence-electron chi connectivity index (χ1n) is 7.05. The lowest BCUT2D eigenvalue weighted by atomic mass is 9.75. The minimum Gasteiger partial charge on any atom is -0.316 e. The van der Waals surface area contributed by atoms with Crippen molar-refractivity contribution in [3.05, 3.63) is 35.2 Å². The molecule has 98 valence electrons. The summed E-state index contributed by atoms with van der Waals surface area (Å²) in [4.78, 5) is 4.35. The number of aromatic nitrogens is 1. The van der Waals surface area contributed by atoms with Crippen LogP contribution in [0.3, 0.4) is 0 Å². The first-order valence-corrected chi connectivity index (χ1v) is 7.05. The second-order valence-electron chi connectivity index (χ2n) is 5.65. The quantitative estimate of drug-likeness (QED) is 0.837. The number of nitrogens with one attached hydrogen (secondary N) is 1. The zero-order valence-electron chi connectivity index (χ0n) is 11.3. The number of nitrogens with zero attached hydrogens (tertiary/aromatic N) is 2. The molecule has 1 saturated heterocycles. The molecule has 1 N–H and O–H groups in total. The van der Waals surface area contributed by atoms with Gasteiger partial charge in [-0.15, -0.1) is 0 Å². The van der Waals surface area contributed by atoms with Crippen molar-refractivity contribution in [2.24, 2.45) is 11.8 Å². The van der Waals surface area contributed by atoms with E-state index in [0.717, 1.165) is 42.6 Å². The van der Waals surface area contributed by atoms with E-state index in [1.165, 1.54) is 18.4 Å². The summed E-state index contributed by atoms with van der Waals surface area (Å²) in [7, 11) is 0. The zero-order valence-corrected chi connectivity index (χ0v) is 11.3. The van der Waals surface area contributed by atoms with Crippen LogP contribution in [0.1, 0.15) is 36.1 Å². The molecule has 3 rings (SSSR count). The fourth-order valence-electron chi connectivity index (χ4n) is 3.24. The monoisotopic (exact) mass is 253 g/mol. The summed E-state index contributed by atoms with van der Waals surface area (Å²) in [6.45, 7) is 4.18. The lowest BCUT2D eigenvalue weighted by Crippen LogP contribution is -2.37. The molecule has 1 aromatic rings. The number of hydrogen-bond acceptors (Lipinski definition) is 3. The van der Waals surface area contributed by atoms with Gasteiger partial charge in [0.15, 0.2) is 0 Å². The zero-order chi connectivity index (χ0) is 13.2. The van der Waals surface area contributed by atoms with Crippen LogP contribution in [-0.4, -0.2) is 18.1 Å². The Labute approximate surface area is 114 Å². The molecule has 3 nitrogen and oxygen atoms in total. The van der Waals surface area contributed by atoms with Crippen molar-refractivity contribution < 1.29 is 0 Å². The summed E-state index contributed by atoms with van der Waals surface area (Å²) in [5.41, 5.74) is 4.02. The van der Waals surface area contributed by atoms with Gasteiger partial charge in [-0.25, -0.2) is 0 Å². The predicted octanol–water partition coefficient (Wildman–Crippen LogP) is 2.66. The molecular formula is C16H19N3. The van der Waals surface area contributed by atoms with Crippen LogP contribution in [0.25, 0.3) is 5.57 Å². The number of piperidine rings is 1. The van der Waals surface area contributed by atoms with Crippen LogP contribution < -0.4 is 5.32 Å². The largest absolute Gasteiger partial charge is 0.316 e. The minimum atomic E-state index is 0.697. The Morgan fingerprint density at radius 1 is 1.42 bits per heavy atom. The van der Waals surface area contributed by atoms with Gasteiger partial charge in [-0.1, -0.05) is 6.08 Å². The molecular weight excluding hydrogens is 234 g/mol. The smallest absolute Gasteiger partial charge is 0.101 e. The number of rotatable bonds is 1. The van der Waals surface area contributed by atoms with Gasteiger partial charge < -0.3 is 5.32 Å². The molecule has 0 amide bonds. The number of nitriles is 1. The highest BCUT2D eigenvalue weighted by Gasteiger charge is 2.28. The van der Waals surface area contributed by atoms with Crippen LogP contribution in [0, 0.1) is 30.1 Å². The highest BCUT2D eigenvalue weighted by molar-refractivity contribution is 5.67. The first-order chi connectivity index (χ1) is 9.28. The molecule has 19 heavy (non-hydrogen) atoms. The summed E-state index contributed by atoms with van der Waals surface area (Å²) >= 11 is 0. The van der Waals surface area contributed by atoms with Crippen LogP contribution in [0.2, 0.25) is 0 Å². The summed E-state index contributed by atoms with van der Waals surface area (Å²) in [6, 6.07) is 4.22. The van der Waals surface area contributed by atoms with Crippen LogP contribution in [0.5, 0.6) is 0 Å². The maximum Gasteiger partial charge on any atom is 0.101 e. The molecule has 0 unspecified atom stereocenters. The molecule has 0 aromatic carbocycles. The number of hydrogen-bond donors (Lipinski definition) is 1. The van der Waals surface area contributed by atoms with Crippen LogP contribution in [-0.2, 0) is 0 Å². The van der Waals surface area contributed by atoms with Gasteiger partial charge in [0.2, 0.25) is 0 Å². The number of aryl methyl sites for hydroxylation is 1. The molecule has 1 aliphatic carbocycles. The Bertz CT molecular complexity index is 554. The minimum absolute atomic E-state index is 0.697. The van der Waals surface area contributed by atoms with Gasteiger partial charge in [-0.2, -0.15) is 5.26 Å². The summed E-state index contributed by atoms with van der Waals surface area (Å²) in [6.07, 6.45) is 7.87. The van der Waals surface area contributed by atoms with E-state index in [4.69, 9.17) is 5.26 Å². The topological polar surface area (TPSA) is 48.7 Å².